The van der Waals surface area contributed by atoms with E-state index in [0.29, 0.717) is 29.4 Å². The predicted octanol–water partition coefficient (Wildman–Crippen LogP) is 6.59. The maximum atomic E-state index is 7.37. The van der Waals surface area contributed by atoms with Gasteiger partial charge < -0.3 is 24.8 Å². The monoisotopic (exact) mass is 814 g/mol. The number of hydrogen-bond acceptors (Lipinski definition) is 2. The van der Waals surface area contributed by atoms with Gasteiger partial charge in [-0.25, -0.2) is 0 Å². The normalized spacial score (nSPS) is 18.7. The molecule has 48 heavy (non-hydrogen) atoms. The first kappa shape index (κ1) is 41.5. The van der Waals surface area contributed by atoms with Crippen LogP contribution in [0.2, 0.25) is 47.3 Å². The molecule has 0 amide bonds. The third kappa shape index (κ3) is 7.11. The number of allylic oxidation sites excluding steroid dienone is 4. The van der Waals surface area contributed by atoms with Gasteiger partial charge in [0.2, 0.25) is 0 Å². The van der Waals surface area contributed by atoms with Crippen LogP contribution in [0.15, 0.2) is 72.1 Å². The summed E-state index contributed by atoms with van der Waals surface area (Å²) in [4.78, 5) is 0. The number of benzene rings is 2. The zero-order valence-electron chi connectivity index (χ0n) is 31.1. The van der Waals surface area contributed by atoms with E-state index in [-0.39, 0.29) is 24.8 Å². The van der Waals surface area contributed by atoms with Gasteiger partial charge in [0.15, 0.2) is 0 Å². The molecule has 0 aromatic heterocycles. The minimum absolute atomic E-state index is 0. The van der Waals surface area contributed by atoms with Crippen molar-refractivity contribution in [3.63, 3.8) is 0 Å². The van der Waals surface area contributed by atoms with Gasteiger partial charge in [0.05, 0.1) is 0 Å². The SMILES string of the molecule is C=CCC[Si](Oc1cccc2c1C=C1[CH]2[Zr+2][CH]2C(=Cc3c(O[Si](CCC=C)(C(C)C)C(C)C)cccc32)[Si]1(C)C)(C(C)C)C(C)C.[Cl-].[Cl-]. The van der Waals surface area contributed by atoms with E-state index >= 15 is 0 Å². The fourth-order valence-electron chi connectivity index (χ4n) is 8.83. The standard InChI is InChI=1S/C40H58O2Si3.2ClH.Zr/c1-13-15-23-44(29(3)4,30(5)6)41-39-21-17-19-33-25-35(27-37(33)39)43(11,12)36-26-34-20-18-22-40(38(34)28-36)42-45(31(7)8,32(9)10)24-16-14-2;;;/h13-14,17-22,25-32H,1-2,15-16,23-24H2,3-12H3;2*1H;/q;;;+2/p-2. The molecule has 5 rings (SSSR count). The summed E-state index contributed by atoms with van der Waals surface area (Å²) in [5.41, 5.74) is 8.13. The van der Waals surface area contributed by atoms with Gasteiger partial charge in [0, 0.05) is 0 Å². The Morgan fingerprint density at radius 2 is 1.02 bits per heavy atom. The molecule has 260 valence electrons. The van der Waals surface area contributed by atoms with Crippen LogP contribution in [0, 0.1) is 0 Å². The molecule has 0 spiro atoms. The van der Waals surface area contributed by atoms with Gasteiger partial charge in [-0.1, -0.05) is 0 Å². The van der Waals surface area contributed by atoms with Gasteiger partial charge >= 0.3 is 298 Å². The molecule has 0 saturated carbocycles. The molecule has 1 heterocycles. The zero-order chi connectivity index (χ0) is 33.6. The van der Waals surface area contributed by atoms with Crippen molar-refractivity contribution < 1.29 is 56.9 Å². The number of hydrogen-bond donors (Lipinski definition) is 0. The number of rotatable bonds is 14. The van der Waals surface area contributed by atoms with Crippen molar-refractivity contribution in [3.8, 4) is 11.5 Å². The van der Waals surface area contributed by atoms with Crippen LogP contribution >= 0.6 is 0 Å². The van der Waals surface area contributed by atoms with Crippen LogP contribution < -0.4 is 33.7 Å². The predicted molar refractivity (Wildman–Crippen MR) is 204 cm³/mol. The van der Waals surface area contributed by atoms with Crippen LogP contribution in [0.5, 0.6) is 11.5 Å². The maximum absolute atomic E-state index is 7.37. The first-order valence-electron chi connectivity index (χ1n) is 17.8. The smallest absolute Gasteiger partial charge is 1.00 e. The van der Waals surface area contributed by atoms with Crippen molar-refractivity contribution >= 4 is 36.9 Å². The molecule has 2 aromatic rings. The van der Waals surface area contributed by atoms with E-state index < -0.39 is 47.9 Å². The van der Waals surface area contributed by atoms with E-state index in [1.807, 2.05) is 0 Å². The van der Waals surface area contributed by atoms with Gasteiger partial charge in [-0.05, 0) is 0 Å². The van der Waals surface area contributed by atoms with E-state index in [2.05, 4.69) is 142 Å². The Kier molecular flexibility index (Phi) is 14.0. The fraction of sp³-hybridized carbons (Fsp3) is 0.500. The zero-order valence-corrected chi connectivity index (χ0v) is 38.0. The van der Waals surface area contributed by atoms with Crippen LogP contribution in [-0.4, -0.2) is 24.7 Å². The fourth-order valence-corrected chi connectivity index (χ4v) is 31.1. The minimum Gasteiger partial charge on any atom is -1.00 e. The Bertz CT molecular complexity index is 1420. The summed E-state index contributed by atoms with van der Waals surface area (Å²) in [6.07, 6.45) is 11.5. The second-order valence-corrected chi connectivity index (χ2v) is 33.7. The second kappa shape index (κ2) is 16.2. The molecule has 2 atom stereocenters. The molecule has 2 unspecified atom stereocenters. The van der Waals surface area contributed by atoms with Crippen molar-refractivity contribution in [1.82, 2.24) is 0 Å². The Morgan fingerprint density at radius 1 is 0.667 bits per heavy atom. The third-order valence-electron chi connectivity index (χ3n) is 11.8. The molecule has 2 nitrogen and oxygen atoms in total. The van der Waals surface area contributed by atoms with E-state index in [1.165, 1.54) is 11.1 Å². The van der Waals surface area contributed by atoms with E-state index in [1.54, 1.807) is 21.5 Å². The molecule has 2 aliphatic carbocycles. The average Bonchev–Trinajstić information content (AvgIpc) is 3.58. The molecule has 1 saturated heterocycles. The summed E-state index contributed by atoms with van der Waals surface area (Å²) in [7, 11) is -6.02. The number of fused-ring (bicyclic) bond motifs is 6. The number of halogens is 2. The van der Waals surface area contributed by atoms with Crippen LogP contribution in [-0.2, 0) is 23.2 Å². The van der Waals surface area contributed by atoms with Crippen LogP contribution in [0.4, 0.5) is 0 Å². The van der Waals surface area contributed by atoms with E-state index in [4.69, 9.17) is 8.85 Å². The van der Waals surface area contributed by atoms with Crippen LogP contribution in [0.3, 0.4) is 0 Å². The summed E-state index contributed by atoms with van der Waals surface area (Å²) < 4.78 is 16.0. The molecule has 1 aliphatic heterocycles. The van der Waals surface area contributed by atoms with Crippen molar-refractivity contribution in [1.29, 1.82) is 0 Å². The molecular weight excluding hydrogens is 759 g/mol. The quantitative estimate of drug-likeness (QED) is 0.158. The van der Waals surface area contributed by atoms with Gasteiger partial charge in [0.25, 0.3) is 0 Å². The Morgan fingerprint density at radius 3 is 1.33 bits per heavy atom. The first-order valence-corrected chi connectivity index (χ1v) is 28.2. The Labute approximate surface area is 320 Å². The van der Waals surface area contributed by atoms with Crippen LogP contribution in [0.25, 0.3) is 12.2 Å². The summed E-state index contributed by atoms with van der Waals surface area (Å²) in [6.45, 7) is 32.5. The van der Waals surface area contributed by atoms with Crippen LogP contribution in [0.1, 0.15) is 97.7 Å². The van der Waals surface area contributed by atoms with Gasteiger partial charge in [-0.15, -0.1) is 0 Å². The van der Waals surface area contributed by atoms with Gasteiger partial charge in [0.1, 0.15) is 0 Å². The second-order valence-electron chi connectivity index (χ2n) is 15.8. The molecule has 0 N–H and O–H groups in total. The minimum atomic E-state index is -2.06. The molecule has 3 aliphatic rings. The maximum Gasteiger partial charge on any atom is -1.00 e. The molecule has 8 heteroatoms. The topological polar surface area (TPSA) is 18.5 Å². The Hall–Kier alpha value is -0.886. The average molecular weight is 817 g/mol. The van der Waals surface area contributed by atoms with E-state index in [9.17, 15) is 0 Å². The van der Waals surface area contributed by atoms with Gasteiger partial charge in [-0.2, -0.15) is 0 Å². The molecular formula is C40H58Cl2O2Si3Zr. The third-order valence-corrected chi connectivity index (χ3v) is 32.8. The summed E-state index contributed by atoms with van der Waals surface area (Å²) >= 11 is -0.918. The molecule has 0 radical (unpaired) electrons. The van der Waals surface area contributed by atoms with Gasteiger partial charge in [-0.3, -0.25) is 0 Å². The summed E-state index contributed by atoms with van der Waals surface area (Å²) in [5.74, 6) is 2.31. The molecule has 1 fully saturated rings. The van der Waals surface area contributed by atoms with Crippen molar-refractivity contribution in [2.45, 2.75) is 123 Å². The summed E-state index contributed by atoms with van der Waals surface area (Å²) in [5, 5.41) is 3.52. The van der Waals surface area contributed by atoms with Crippen molar-refractivity contribution in [2.75, 3.05) is 0 Å². The largest absolute Gasteiger partial charge is 1.00 e. The van der Waals surface area contributed by atoms with Crippen molar-refractivity contribution in [2.24, 2.45) is 0 Å². The van der Waals surface area contributed by atoms with E-state index in [0.717, 1.165) is 36.4 Å². The van der Waals surface area contributed by atoms with Crippen molar-refractivity contribution in [3.05, 3.63) is 94.4 Å². The Balaban J connectivity index is 0.00000312. The summed E-state index contributed by atoms with van der Waals surface area (Å²) in [6, 6.07) is 16.3. The molecule has 0 bridgehead atoms. The molecule has 2 aromatic carbocycles. The first-order chi connectivity index (χ1) is 21.7.